The molecule has 0 saturated heterocycles. The number of anilines is 4. The first-order valence-electron chi connectivity index (χ1n) is 8.96. The molecule has 8 nitrogen and oxygen atoms in total. The highest BCUT2D eigenvalue weighted by Gasteiger charge is 2.11. The normalized spacial score (nSPS) is 10.5. The Kier molecular flexibility index (Phi) is 4.90. The number of aryl methyl sites for hydroxylation is 1. The first-order chi connectivity index (χ1) is 14.1. The smallest absolute Gasteiger partial charge is 0.269 e. The summed E-state index contributed by atoms with van der Waals surface area (Å²) in [5.41, 5.74) is 15.1. The second-order valence-corrected chi connectivity index (χ2v) is 6.43. The molecule has 0 spiro atoms. The number of hydrazine groups is 1. The predicted molar refractivity (Wildman–Crippen MR) is 114 cm³/mol. The van der Waals surface area contributed by atoms with Crippen molar-refractivity contribution in [3.05, 3.63) is 78.2 Å². The number of nitrogens with two attached hydrogens (primary N) is 1. The maximum Gasteiger partial charge on any atom is 0.269 e. The Labute approximate surface area is 167 Å². The number of hydrogen-bond donors (Lipinski definition) is 4. The average molecular weight is 385 g/mol. The standard InChI is InChI=1S/C21H19N7O/c1-13-7-9-14(10-8-13)21(29)28-27-20-18(22)19(24-12-25-20)26-17-6-2-5-16-15(17)4-3-11-23-16/h2-12H,22H2,1H3,(H,28,29)(H2,24,25,26,27). The fourth-order valence-electron chi connectivity index (χ4n) is 2.83. The summed E-state index contributed by atoms with van der Waals surface area (Å²) in [4.78, 5) is 24.9. The summed E-state index contributed by atoms with van der Waals surface area (Å²) in [6, 6.07) is 16.8. The van der Waals surface area contributed by atoms with Crippen LogP contribution in [0.1, 0.15) is 15.9 Å². The number of rotatable bonds is 5. The highest BCUT2D eigenvalue weighted by Crippen LogP contribution is 2.29. The van der Waals surface area contributed by atoms with Crippen molar-refractivity contribution in [1.29, 1.82) is 0 Å². The van der Waals surface area contributed by atoms with Gasteiger partial charge in [0, 0.05) is 22.8 Å². The van der Waals surface area contributed by atoms with Crippen molar-refractivity contribution < 1.29 is 4.79 Å². The van der Waals surface area contributed by atoms with E-state index in [9.17, 15) is 4.79 Å². The summed E-state index contributed by atoms with van der Waals surface area (Å²) in [5, 5.41) is 4.15. The average Bonchev–Trinajstić information content (AvgIpc) is 2.75. The lowest BCUT2D eigenvalue weighted by atomic mass is 10.1. The molecule has 2 aromatic carbocycles. The Bertz CT molecular complexity index is 1170. The lowest BCUT2D eigenvalue weighted by molar-refractivity contribution is 0.0962. The van der Waals surface area contributed by atoms with Crippen LogP contribution in [0, 0.1) is 6.92 Å². The molecule has 0 bridgehead atoms. The number of nitrogen functional groups attached to an aromatic ring is 1. The monoisotopic (exact) mass is 385 g/mol. The highest BCUT2D eigenvalue weighted by molar-refractivity contribution is 5.96. The topological polar surface area (TPSA) is 118 Å². The number of nitrogens with zero attached hydrogens (tertiary/aromatic N) is 3. The SMILES string of the molecule is Cc1ccc(C(=O)NNc2ncnc(Nc3cccc4ncccc34)c2N)cc1. The van der Waals surface area contributed by atoms with Crippen LogP contribution < -0.4 is 21.9 Å². The summed E-state index contributed by atoms with van der Waals surface area (Å²) >= 11 is 0. The van der Waals surface area contributed by atoms with Gasteiger partial charge in [0.25, 0.3) is 5.91 Å². The van der Waals surface area contributed by atoms with Gasteiger partial charge in [0.1, 0.15) is 12.0 Å². The molecule has 4 aromatic rings. The molecule has 2 aromatic heterocycles. The summed E-state index contributed by atoms with van der Waals surface area (Å²) in [6.07, 6.45) is 3.10. The van der Waals surface area contributed by atoms with Crippen molar-refractivity contribution in [3.63, 3.8) is 0 Å². The zero-order chi connectivity index (χ0) is 20.2. The van der Waals surface area contributed by atoms with E-state index >= 15 is 0 Å². The summed E-state index contributed by atoms with van der Waals surface area (Å²) in [6.45, 7) is 1.96. The highest BCUT2D eigenvalue weighted by atomic mass is 16.2. The first kappa shape index (κ1) is 18.2. The molecule has 0 aliphatic heterocycles. The molecule has 144 valence electrons. The fraction of sp³-hybridized carbons (Fsp3) is 0.0476. The van der Waals surface area contributed by atoms with E-state index in [4.69, 9.17) is 5.73 Å². The molecule has 0 aliphatic rings. The van der Waals surface area contributed by atoms with Gasteiger partial charge < -0.3 is 11.1 Å². The van der Waals surface area contributed by atoms with Crippen LogP contribution in [0.15, 0.2) is 67.1 Å². The van der Waals surface area contributed by atoms with Gasteiger partial charge in [0.15, 0.2) is 11.6 Å². The molecule has 0 aliphatic carbocycles. The summed E-state index contributed by atoms with van der Waals surface area (Å²) in [7, 11) is 0. The lowest BCUT2D eigenvalue weighted by Crippen LogP contribution is -2.30. The molecule has 0 saturated carbocycles. The zero-order valence-corrected chi connectivity index (χ0v) is 15.7. The van der Waals surface area contributed by atoms with Gasteiger partial charge in [-0.3, -0.25) is 20.6 Å². The van der Waals surface area contributed by atoms with E-state index in [2.05, 4.69) is 31.1 Å². The van der Waals surface area contributed by atoms with E-state index in [0.29, 0.717) is 17.2 Å². The molecule has 0 radical (unpaired) electrons. The van der Waals surface area contributed by atoms with Crippen molar-refractivity contribution in [2.24, 2.45) is 0 Å². The number of aromatic nitrogens is 3. The van der Waals surface area contributed by atoms with Crippen LogP contribution in [0.25, 0.3) is 10.9 Å². The number of benzene rings is 2. The van der Waals surface area contributed by atoms with Crippen molar-refractivity contribution in [2.45, 2.75) is 6.92 Å². The Morgan fingerprint density at radius 2 is 1.72 bits per heavy atom. The van der Waals surface area contributed by atoms with Crippen molar-refractivity contribution in [3.8, 4) is 0 Å². The fourth-order valence-corrected chi connectivity index (χ4v) is 2.83. The maximum absolute atomic E-state index is 12.3. The lowest BCUT2D eigenvalue weighted by Gasteiger charge is -2.14. The Morgan fingerprint density at radius 3 is 2.55 bits per heavy atom. The van der Waals surface area contributed by atoms with Gasteiger partial charge in [-0.2, -0.15) is 0 Å². The second-order valence-electron chi connectivity index (χ2n) is 6.43. The van der Waals surface area contributed by atoms with E-state index in [1.807, 2.05) is 49.4 Å². The van der Waals surface area contributed by atoms with Gasteiger partial charge in [-0.05, 0) is 43.3 Å². The molecule has 8 heteroatoms. The van der Waals surface area contributed by atoms with Crippen LogP contribution in [0.5, 0.6) is 0 Å². The van der Waals surface area contributed by atoms with Gasteiger partial charge in [0.05, 0.1) is 5.52 Å². The van der Waals surface area contributed by atoms with E-state index < -0.39 is 0 Å². The largest absolute Gasteiger partial charge is 0.393 e. The van der Waals surface area contributed by atoms with Crippen molar-refractivity contribution in [2.75, 3.05) is 16.5 Å². The number of nitrogens with one attached hydrogen (secondary N) is 3. The quantitative estimate of drug-likeness (QED) is 0.389. The van der Waals surface area contributed by atoms with Gasteiger partial charge in [0.2, 0.25) is 0 Å². The Hall–Kier alpha value is -4.20. The predicted octanol–water partition coefficient (Wildman–Crippen LogP) is 3.42. The number of carbonyl (C=O) groups is 1. The van der Waals surface area contributed by atoms with Gasteiger partial charge in [-0.1, -0.05) is 23.8 Å². The minimum atomic E-state index is -0.294. The van der Waals surface area contributed by atoms with Crippen LogP contribution in [-0.2, 0) is 0 Å². The van der Waals surface area contributed by atoms with Crippen molar-refractivity contribution >= 4 is 39.8 Å². The van der Waals surface area contributed by atoms with Crippen LogP contribution in [0.4, 0.5) is 23.0 Å². The molecule has 0 fully saturated rings. The maximum atomic E-state index is 12.3. The molecule has 0 unspecified atom stereocenters. The van der Waals surface area contributed by atoms with E-state index in [1.165, 1.54) is 6.33 Å². The zero-order valence-electron chi connectivity index (χ0n) is 15.7. The Morgan fingerprint density at radius 1 is 0.931 bits per heavy atom. The van der Waals surface area contributed by atoms with Gasteiger partial charge in [-0.25, -0.2) is 9.97 Å². The molecule has 4 rings (SSSR count). The molecule has 1 amide bonds. The summed E-state index contributed by atoms with van der Waals surface area (Å²) in [5.74, 6) is 0.419. The number of pyridine rings is 1. The molecule has 29 heavy (non-hydrogen) atoms. The number of carbonyl (C=O) groups excluding carboxylic acids is 1. The Balaban J connectivity index is 1.53. The van der Waals surface area contributed by atoms with Crippen LogP contribution in [-0.4, -0.2) is 20.9 Å². The van der Waals surface area contributed by atoms with Gasteiger partial charge >= 0.3 is 0 Å². The number of amides is 1. The van der Waals surface area contributed by atoms with E-state index in [-0.39, 0.29) is 11.6 Å². The second kappa shape index (κ2) is 7.81. The molecular formula is C21H19N7O. The minimum Gasteiger partial charge on any atom is -0.393 e. The van der Waals surface area contributed by atoms with Crippen LogP contribution in [0.2, 0.25) is 0 Å². The van der Waals surface area contributed by atoms with Crippen LogP contribution in [0.3, 0.4) is 0 Å². The van der Waals surface area contributed by atoms with Crippen molar-refractivity contribution in [1.82, 2.24) is 20.4 Å². The molecule has 2 heterocycles. The third-order valence-electron chi connectivity index (χ3n) is 4.39. The first-order valence-corrected chi connectivity index (χ1v) is 8.96. The third kappa shape index (κ3) is 3.91. The number of fused-ring (bicyclic) bond motifs is 1. The molecular weight excluding hydrogens is 366 g/mol. The van der Waals surface area contributed by atoms with E-state index in [0.717, 1.165) is 22.2 Å². The third-order valence-corrected chi connectivity index (χ3v) is 4.39. The van der Waals surface area contributed by atoms with E-state index in [1.54, 1.807) is 18.3 Å². The molecule has 0 atom stereocenters. The summed E-state index contributed by atoms with van der Waals surface area (Å²) < 4.78 is 0. The number of hydrogen-bond acceptors (Lipinski definition) is 7. The van der Waals surface area contributed by atoms with Crippen LogP contribution >= 0.6 is 0 Å². The molecule has 5 N–H and O–H groups in total. The van der Waals surface area contributed by atoms with Gasteiger partial charge in [-0.15, -0.1) is 0 Å². The minimum absolute atomic E-state index is 0.276.